The Kier molecular flexibility index (Phi) is 5.64. The van der Waals surface area contributed by atoms with E-state index < -0.39 is 15.8 Å². The maximum absolute atomic E-state index is 11.9. The highest BCUT2D eigenvalue weighted by Gasteiger charge is 2.22. The first-order chi connectivity index (χ1) is 10.8. The number of halogens is 1. The molecule has 1 saturated carbocycles. The Labute approximate surface area is 140 Å². The van der Waals surface area contributed by atoms with Crippen molar-refractivity contribution in [1.29, 1.82) is 0 Å². The Morgan fingerprint density at radius 2 is 1.96 bits per heavy atom. The van der Waals surface area contributed by atoms with Gasteiger partial charge in [0.25, 0.3) is 0 Å². The van der Waals surface area contributed by atoms with Crippen molar-refractivity contribution in [2.24, 2.45) is 5.16 Å². The number of hydrogen-bond donors (Lipinski definition) is 0. The molecule has 23 heavy (non-hydrogen) atoms. The molecule has 8 heteroatoms. The van der Waals surface area contributed by atoms with Crippen LogP contribution in [0.2, 0.25) is 5.02 Å². The van der Waals surface area contributed by atoms with Gasteiger partial charge in [0, 0.05) is 11.8 Å². The van der Waals surface area contributed by atoms with Crippen LogP contribution in [0.3, 0.4) is 0 Å². The zero-order valence-corrected chi connectivity index (χ0v) is 14.5. The number of rotatable bonds is 5. The highest BCUT2D eigenvalue weighted by molar-refractivity contribution is 7.90. The van der Waals surface area contributed by atoms with E-state index in [4.69, 9.17) is 21.2 Å². The summed E-state index contributed by atoms with van der Waals surface area (Å²) in [6, 6.07) is 4.16. The Morgan fingerprint density at radius 1 is 1.30 bits per heavy atom. The van der Waals surface area contributed by atoms with Crippen molar-refractivity contribution in [2.45, 2.75) is 36.7 Å². The lowest BCUT2D eigenvalue weighted by atomic mass is 10.1. The Hall–Kier alpha value is -1.60. The first-order valence-corrected chi connectivity index (χ1v) is 9.42. The number of oxime groups is 1. The second kappa shape index (κ2) is 7.31. The van der Waals surface area contributed by atoms with Gasteiger partial charge in [-0.05, 0) is 37.8 Å². The van der Waals surface area contributed by atoms with Crippen LogP contribution in [-0.2, 0) is 24.2 Å². The fraction of sp³-hybridized carbons (Fsp3) is 0.467. The molecule has 1 aliphatic carbocycles. The third kappa shape index (κ3) is 4.45. The number of esters is 1. The van der Waals surface area contributed by atoms with Gasteiger partial charge in [-0.1, -0.05) is 22.8 Å². The van der Waals surface area contributed by atoms with Crippen molar-refractivity contribution in [3.8, 4) is 0 Å². The molecule has 0 heterocycles. The number of benzene rings is 1. The maximum atomic E-state index is 11.9. The van der Waals surface area contributed by atoms with Crippen LogP contribution in [0.4, 0.5) is 0 Å². The predicted octanol–water partition coefficient (Wildman–Crippen LogP) is 2.58. The highest BCUT2D eigenvalue weighted by Crippen LogP contribution is 2.24. The van der Waals surface area contributed by atoms with E-state index in [9.17, 15) is 13.2 Å². The summed E-state index contributed by atoms with van der Waals surface area (Å²) in [6.45, 7) is 0. The molecule has 0 spiro atoms. The van der Waals surface area contributed by atoms with E-state index in [-0.39, 0.29) is 21.7 Å². The molecule has 0 unspecified atom stereocenters. The van der Waals surface area contributed by atoms with Crippen molar-refractivity contribution >= 4 is 33.1 Å². The molecule has 1 fully saturated rings. The van der Waals surface area contributed by atoms with E-state index in [1.165, 1.54) is 25.3 Å². The van der Waals surface area contributed by atoms with Crippen molar-refractivity contribution < 1.29 is 22.8 Å². The molecule has 0 aliphatic heterocycles. The van der Waals surface area contributed by atoms with Crippen LogP contribution in [-0.4, -0.2) is 39.6 Å². The summed E-state index contributed by atoms with van der Waals surface area (Å²) in [7, 11) is -2.21. The van der Waals surface area contributed by atoms with Crippen molar-refractivity contribution in [3.63, 3.8) is 0 Å². The van der Waals surface area contributed by atoms with E-state index in [2.05, 4.69) is 5.16 Å². The molecule has 0 N–H and O–H groups in total. The largest absolute Gasteiger partial charge is 0.464 e. The smallest absolute Gasteiger partial charge is 0.360 e. The quantitative estimate of drug-likeness (QED) is 0.458. The molecule has 0 bridgehead atoms. The summed E-state index contributed by atoms with van der Waals surface area (Å²) in [5.74, 6) is -0.675. The normalized spacial score (nSPS) is 16.4. The number of carbonyl (C=O) groups excluding carboxylic acids is 1. The molecular weight excluding hydrogens is 342 g/mol. The van der Waals surface area contributed by atoms with Crippen molar-refractivity contribution in [1.82, 2.24) is 0 Å². The second-order valence-electron chi connectivity index (χ2n) is 5.36. The van der Waals surface area contributed by atoms with Crippen LogP contribution in [0.25, 0.3) is 0 Å². The number of nitrogens with zero attached hydrogens (tertiary/aromatic N) is 1. The summed E-state index contributed by atoms with van der Waals surface area (Å²) in [6.07, 6.45) is 4.98. The summed E-state index contributed by atoms with van der Waals surface area (Å²) in [5, 5.41) is 3.93. The Balaban J connectivity index is 2.34. The number of ether oxygens (including phenoxy) is 1. The van der Waals surface area contributed by atoms with Gasteiger partial charge in [0.1, 0.15) is 6.10 Å². The molecule has 0 radical (unpaired) electrons. The van der Waals surface area contributed by atoms with E-state index in [1.807, 2.05) is 0 Å². The van der Waals surface area contributed by atoms with Crippen LogP contribution in [0.5, 0.6) is 0 Å². The molecule has 1 aromatic carbocycles. The van der Waals surface area contributed by atoms with E-state index in [1.54, 1.807) is 0 Å². The average molecular weight is 360 g/mol. The van der Waals surface area contributed by atoms with Crippen LogP contribution >= 0.6 is 11.6 Å². The topological polar surface area (TPSA) is 82.0 Å². The predicted molar refractivity (Wildman–Crippen MR) is 86.5 cm³/mol. The fourth-order valence-electron chi connectivity index (χ4n) is 2.37. The lowest BCUT2D eigenvalue weighted by molar-refractivity contribution is -0.132. The minimum absolute atomic E-state index is 0.0103. The van der Waals surface area contributed by atoms with Crippen molar-refractivity contribution in [2.75, 3.05) is 13.4 Å². The lowest BCUT2D eigenvalue weighted by Crippen LogP contribution is -2.19. The lowest BCUT2D eigenvalue weighted by Gasteiger charge is -2.10. The van der Waals surface area contributed by atoms with Crippen LogP contribution < -0.4 is 0 Å². The molecule has 1 aromatic rings. The summed E-state index contributed by atoms with van der Waals surface area (Å²) in [4.78, 5) is 17.3. The molecule has 0 amide bonds. The SMILES string of the molecule is COC(=O)/C(=N\OC1CCCC1)c1ccc(S(C)(=O)=O)c(Cl)c1. The molecular formula is C15H18ClNO5S. The number of carbonyl (C=O) groups is 1. The molecule has 0 aromatic heterocycles. The Morgan fingerprint density at radius 3 is 2.48 bits per heavy atom. The monoisotopic (exact) mass is 359 g/mol. The van der Waals surface area contributed by atoms with Crippen LogP contribution in [0.1, 0.15) is 31.2 Å². The van der Waals surface area contributed by atoms with Gasteiger partial charge in [-0.15, -0.1) is 0 Å². The minimum atomic E-state index is -3.45. The summed E-state index contributed by atoms with van der Waals surface area (Å²) < 4.78 is 27.9. The molecule has 0 saturated heterocycles. The number of hydrogen-bond acceptors (Lipinski definition) is 6. The van der Waals surface area contributed by atoms with Crippen molar-refractivity contribution in [3.05, 3.63) is 28.8 Å². The third-order valence-corrected chi connectivity index (χ3v) is 5.16. The first-order valence-electron chi connectivity index (χ1n) is 7.15. The first kappa shape index (κ1) is 17.7. The van der Waals surface area contributed by atoms with Gasteiger partial charge in [0.05, 0.1) is 17.0 Å². The van der Waals surface area contributed by atoms with Gasteiger partial charge < -0.3 is 9.57 Å². The fourth-order valence-corrected chi connectivity index (χ4v) is 3.70. The van der Waals surface area contributed by atoms with E-state index in [0.29, 0.717) is 5.56 Å². The Bertz CT molecular complexity index is 723. The number of sulfone groups is 1. The van der Waals surface area contributed by atoms with Gasteiger partial charge in [0.15, 0.2) is 15.5 Å². The molecule has 6 nitrogen and oxygen atoms in total. The van der Waals surface area contributed by atoms with Gasteiger partial charge in [0.2, 0.25) is 0 Å². The minimum Gasteiger partial charge on any atom is -0.464 e. The molecule has 1 aliphatic rings. The molecule has 126 valence electrons. The standard InChI is InChI=1S/C15H18ClNO5S/c1-21-15(18)14(17-22-11-5-3-4-6-11)10-7-8-13(12(16)9-10)23(2,19)20/h7-9,11H,3-6H2,1-2H3/b17-14-. The molecule has 0 atom stereocenters. The van der Waals surface area contributed by atoms with Crippen LogP contribution in [0.15, 0.2) is 28.3 Å². The highest BCUT2D eigenvalue weighted by atomic mass is 35.5. The van der Waals surface area contributed by atoms with E-state index >= 15 is 0 Å². The number of methoxy groups -OCH3 is 1. The maximum Gasteiger partial charge on any atom is 0.360 e. The third-order valence-electron chi connectivity index (χ3n) is 3.58. The van der Waals surface area contributed by atoms with Crippen LogP contribution in [0, 0.1) is 0 Å². The van der Waals surface area contributed by atoms with Gasteiger partial charge in [-0.3, -0.25) is 0 Å². The summed E-state index contributed by atoms with van der Waals surface area (Å²) >= 11 is 6.01. The summed E-state index contributed by atoms with van der Waals surface area (Å²) in [5.41, 5.74) is 0.300. The average Bonchev–Trinajstić information content (AvgIpc) is 2.99. The van der Waals surface area contributed by atoms with Gasteiger partial charge in [-0.25, -0.2) is 13.2 Å². The van der Waals surface area contributed by atoms with E-state index in [0.717, 1.165) is 31.9 Å². The molecule has 2 rings (SSSR count). The van der Waals surface area contributed by atoms with Gasteiger partial charge in [-0.2, -0.15) is 0 Å². The zero-order chi connectivity index (χ0) is 17.0. The zero-order valence-electron chi connectivity index (χ0n) is 12.9. The van der Waals surface area contributed by atoms with Gasteiger partial charge >= 0.3 is 5.97 Å². The second-order valence-corrected chi connectivity index (χ2v) is 7.75.